The summed E-state index contributed by atoms with van der Waals surface area (Å²) in [5, 5.41) is 0. The third kappa shape index (κ3) is 5.21. The number of hydrogen-bond acceptors (Lipinski definition) is 5. The first-order chi connectivity index (χ1) is 13.9. The summed E-state index contributed by atoms with van der Waals surface area (Å²) in [7, 11) is 0. The summed E-state index contributed by atoms with van der Waals surface area (Å²) in [4.78, 5) is 14.7. The minimum atomic E-state index is -0.0628. The largest absolute Gasteiger partial charge is 0.490 e. The molecule has 2 aromatic rings. The van der Waals surface area contributed by atoms with Gasteiger partial charge in [0.15, 0.2) is 11.5 Å². The Morgan fingerprint density at radius 2 is 1.93 bits per heavy atom. The van der Waals surface area contributed by atoms with Crippen LogP contribution in [0.15, 0.2) is 45.8 Å². The van der Waals surface area contributed by atoms with E-state index in [1.165, 1.54) is 17.3 Å². The van der Waals surface area contributed by atoms with Crippen molar-refractivity contribution in [1.82, 2.24) is 4.90 Å². The summed E-state index contributed by atoms with van der Waals surface area (Å²) in [5.41, 5.74) is 3.13. The van der Waals surface area contributed by atoms with Gasteiger partial charge in [0.25, 0.3) is 5.91 Å². The summed E-state index contributed by atoms with van der Waals surface area (Å²) in [5.74, 6) is 1.23. The van der Waals surface area contributed by atoms with Crippen molar-refractivity contribution in [3.63, 3.8) is 0 Å². The highest BCUT2D eigenvalue weighted by Gasteiger charge is 2.30. The Morgan fingerprint density at radius 1 is 1.17 bits per heavy atom. The Bertz CT molecular complexity index is 975. The van der Waals surface area contributed by atoms with Gasteiger partial charge in [-0.15, -0.1) is 0 Å². The van der Waals surface area contributed by atoms with Crippen LogP contribution in [-0.4, -0.2) is 28.3 Å². The number of aryl methyl sites for hydroxylation is 1. The van der Waals surface area contributed by atoms with Crippen LogP contribution in [-0.2, 0) is 11.4 Å². The van der Waals surface area contributed by atoms with E-state index in [4.69, 9.17) is 21.7 Å². The van der Waals surface area contributed by atoms with Crippen LogP contribution >= 0.6 is 39.9 Å². The number of carbonyl (C=O) groups is 1. The maximum atomic E-state index is 12.5. The predicted molar refractivity (Wildman–Crippen MR) is 126 cm³/mol. The minimum Gasteiger partial charge on any atom is -0.490 e. The van der Waals surface area contributed by atoms with Crippen molar-refractivity contribution in [1.29, 1.82) is 0 Å². The van der Waals surface area contributed by atoms with Crippen LogP contribution in [0.1, 0.15) is 30.5 Å². The Hall–Kier alpha value is -1.83. The molecule has 0 unspecified atom stereocenters. The highest BCUT2D eigenvalue weighted by atomic mass is 79.9. The Kier molecular flexibility index (Phi) is 7.38. The van der Waals surface area contributed by atoms with Crippen molar-refractivity contribution in [2.75, 3.05) is 13.2 Å². The first-order valence-corrected chi connectivity index (χ1v) is 11.3. The predicted octanol–water partition coefficient (Wildman–Crippen LogP) is 5.96. The number of ether oxygens (including phenoxy) is 2. The minimum absolute atomic E-state index is 0.0628. The number of thiocarbonyl (C=S) groups is 1. The highest BCUT2D eigenvalue weighted by Crippen LogP contribution is 2.38. The Labute approximate surface area is 189 Å². The average molecular weight is 492 g/mol. The second-order valence-electron chi connectivity index (χ2n) is 6.46. The standard InChI is InChI=1S/C22H22BrNO3S2/c1-4-24-21(25)20(29-22(24)28)11-16-10-18(26-5-2)19(12-17(16)23)27-13-15-8-6-7-14(3)9-15/h6-12H,4-5,13H2,1-3H3. The van der Waals surface area contributed by atoms with Gasteiger partial charge < -0.3 is 9.47 Å². The van der Waals surface area contributed by atoms with Crippen LogP contribution in [0.5, 0.6) is 11.5 Å². The summed E-state index contributed by atoms with van der Waals surface area (Å²) in [6.45, 7) is 7.43. The van der Waals surface area contributed by atoms with Crippen molar-refractivity contribution in [3.8, 4) is 11.5 Å². The van der Waals surface area contributed by atoms with E-state index in [0.29, 0.717) is 40.5 Å². The smallest absolute Gasteiger partial charge is 0.266 e. The molecule has 2 aromatic carbocycles. The van der Waals surface area contributed by atoms with Gasteiger partial charge in [0.1, 0.15) is 10.9 Å². The number of benzene rings is 2. The molecule has 1 fully saturated rings. The van der Waals surface area contributed by atoms with Crippen LogP contribution in [0.4, 0.5) is 0 Å². The van der Waals surface area contributed by atoms with Crippen LogP contribution in [0.25, 0.3) is 6.08 Å². The number of nitrogens with zero attached hydrogens (tertiary/aromatic N) is 1. The number of rotatable bonds is 7. The van der Waals surface area contributed by atoms with Crippen LogP contribution in [0, 0.1) is 6.92 Å². The molecule has 0 N–H and O–H groups in total. The molecule has 1 heterocycles. The SMILES string of the molecule is CCOc1cc(C=C2SC(=S)N(CC)C2=O)c(Br)cc1OCc1cccc(C)c1. The molecule has 152 valence electrons. The summed E-state index contributed by atoms with van der Waals surface area (Å²) < 4.78 is 13.2. The quantitative estimate of drug-likeness (QED) is 0.353. The second kappa shape index (κ2) is 9.78. The first-order valence-electron chi connectivity index (χ1n) is 9.33. The number of halogens is 1. The van der Waals surface area contributed by atoms with Crippen LogP contribution in [0.2, 0.25) is 0 Å². The van der Waals surface area contributed by atoms with Gasteiger partial charge in [0.2, 0.25) is 0 Å². The maximum Gasteiger partial charge on any atom is 0.266 e. The third-order valence-corrected chi connectivity index (χ3v) is 6.38. The van der Waals surface area contributed by atoms with Crippen molar-refractivity contribution < 1.29 is 14.3 Å². The van der Waals surface area contributed by atoms with E-state index in [-0.39, 0.29) is 5.91 Å². The van der Waals surface area contributed by atoms with Gasteiger partial charge in [-0.2, -0.15) is 0 Å². The van der Waals surface area contributed by atoms with E-state index in [0.717, 1.165) is 15.6 Å². The molecule has 0 atom stereocenters. The van der Waals surface area contributed by atoms with Crippen molar-refractivity contribution >= 4 is 56.2 Å². The number of amides is 1. The zero-order chi connectivity index (χ0) is 21.0. The van der Waals surface area contributed by atoms with Gasteiger partial charge in [0.05, 0.1) is 11.5 Å². The maximum absolute atomic E-state index is 12.5. The van der Waals surface area contributed by atoms with Gasteiger partial charge >= 0.3 is 0 Å². The molecule has 0 radical (unpaired) electrons. The third-order valence-electron chi connectivity index (χ3n) is 4.32. The number of likely N-dealkylation sites (N-methyl/N-ethyl adjacent to an activating group) is 1. The van der Waals surface area contributed by atoms with Gasteiger partial charge in [-0.25, -0.2) is 0 Å². The first kappa shape index (κ1) is 21.9. The molecule has 3 rings (SSSR count). The van der Waals surface area contributed by atoms with E-state index in [1.807, 2.05) is 44.2 Å². The van der Waals surface area contributed by atoms with Gasteiger partial charge in [-0.05, 0) is 50.1 Å². The summed E-state index contributed by atoms with van der Waals surface area (Å²) in [6, 6.07) is 12.0. The number of carbonyl (C=O) groups excluding carboxylic acids is 1. The molecule has 1 aliphatic rings. The number of hydrogen-bond donors (Lipinski definition) is 0. The van der Waals surface area contributed by atoms with Crippen LogP contribution < -0.4 is 9.47 Å². The van der Waals surface area contributed by atoms with E-state index in [2.05, 4.69) is 35.0 Å². The lowest BCUT2D eigenvalue weighted by Crippen LogP contribution is -2.27. The van der Waals surface area contributed by atoms with Gasteiger partial charge in [-0.3, -0.25) is 9.69 Å². The second-order valence-corrected chi connectivity index (χ2v) is 8.99. The van der Waals surface area contributed by atoms with E-state index < -0.39 is 0 Å². The molecule has 4 nitrogen and oxygen atoms in total. The van der Waals surface area contributed by atoms with Crippen LogP contribution in [0.3, 0.4) is 0 Å². The van der Waals surface area contributed by atoms with E-state index >= 15 is 0 Å². The Morgan fingerprint density at radius 3 is 2.59 bits per heavy atom. The molecule has 29 heavy (non-hydrogen) atoms. The van der Waals surface area contributed by atoms with E-state index in [9.17, 15) is 4.79 Å². The van der Waals surface area contributed by atoms with Crippen molar-refractivity contribution in [2.45, 2.75) is 27.4 Å². The molecule has 0 aliphatic carbocycles. The van der Waals surface area contributed by atoms with Crippen molar-refractivity contribution in [2.24, 2.45) is 0 Å². The highest BCUT2D eigenvalue weighted by molar-refractivity contribution is 9.10. The summed E-state index contributed by atoms with van der Waals surface area (Å²) >= 11 is 10.2. The summed E-state index contributed by atoms with van der Waals surface area (Å²) in [6.07, 6.45) is 1.84. The molecular formula is C22H22BrNO3S2. The van der Waals surface area contributed by atoms with Gasteiger partial charge in [0, 0.05) is 11.0 Å². The molecule has 0 bridgehead atoms. The lowest BCUT2D eigenvalue weighted by Gasteiger charge is -2.14. The average Bonchev–Trinajstić information content (AvgIpc) is 2.95. The lowest BCUT2D eigenvalue weighted by atomic mass is 10.1. The molecule has 1 amide bonds. The zero-order valence-corrected chi connectivity index (χ0v) is 19.7. The number of thioether (sulfide) groups is 1. The fourth-order valence-electron chi connectivity index (χ4n) is 2.92. The van der Waals surface area contributed by atoms with Crippen molar-refractivity contribution in [3.05, 3.63) is 62.5 Å². The molecule has 1 aliphatic heterocycles. The molecule has 0 saturated carbocycles. The molecular weight excluding hydrogens is 470 g/mol. The Balaban J connectivity index is 1.87. The fraction of sp³-hybridized carbons (Fsp3) is 0.273. The molecule has 0 aromatic heterocycles. The monoisotopic (exact) mass is 491 g/mol. The lowest BCUT2D eigenvalue weighted by molar-refractivity contribution is -0.121. The molecule has 7 heteroatoms. The van der Waals surface area contributed by atoms with Gasteiger partial charge in [-0.1, -0.05) is 69.7 Å². The molecule has 0 spiro atoms. The van der Waals surface area contributed by atoms with E-state index in [1.54, 1.807) is 4.90 Å². The normalized spacial score (nSPS) is 15.3. The topological polar surface area (TPSA) is 38.8 Å². The zero-order valence-electron chi connectivity index (χ0n) is 16.5. The fourth-order valence-corrected chi connectivity index (χ4v) is 4.73. The molecule has 1 saturated heterocycles.